The average molecular weight is 333 g/mol. The van der Waals surface area contributed by atoms with E-state index in [9.17, 15) is 4.79 Å². The van der Waals surface area contributed by atoms with E-state index in [4.69, 9.17) is 9.47 Å². The predicted molar refractivity (Wildman–Crippen MR) is 89.3 cm³/mol. The molecule has 0 amide bonds. The van der Waals surface area contributed by atoms with Gasteiger partial charge in [0.1, 0.15) is 0 Å². The molecule has 6 nitrogen and oxygen atoms in total. The molecular weight excluding hydrogens is 314 g/mol. The number of thiazole rings is 1. The highest BCUT2D eigenvalue weighted by atomic mass is 32.1. The number of rotatable bonds is 3. The van der Waals surface area contributed by atoms with Crippen molar-refractivity contribution in [1.29, 1.82) is 0 Å². The van der Waals surface area contributed by atoms with Gasteiger partial charge in [0.15, 0.2) is 11.5 Å². The van der Waals surface area contributed by atoms with E-state index in [0.29, 0.717) is 0 Å². The van der Waals surface area contributed by atoms with Crippen LogP contribution < -0.4 is 14.3 Å². The highest BCUT2D eigenvalue weighted by Crippen LogP contribution is 2.36. The molecule has 1 saturated heterocycles. The molecule has 7 heteroatoms. The van der Waals surface area contributed by atoms with Gasteiger partial charge in [0, 0.05) is 43.2 Å². The molecule has 1 aromatic carbocycles. The smallest absolute Gasteiger partial charge is 0.305 e. The molecule has 0 bridgehead atoms. The minimum Gasteiger partial charge on any atom is -0.454 e. The Morgan fingerprint density at radius 1 is 1.17 bits per heavy atom. The monoisotopic (exact) mass is 333 g/mol. The van der Waals surface area contributed by atoms with Gasteiger partial charge in [-0.2, -0.15) is 0 Å². The Balaban J connectivity index is 1.61. The van der Waals surface area contributed by atoms with Crippen LogP contribution in [0.5, 0.6) is 11.5 Å². The first kappa shape index (κ1) is 14.7. The van der Waals surface area contributed by atoms with Crippen molar-refractivity contribution in [3.63, 3.8) is 0 Å². The van der Waals surface area contributed by atoms with E-state index in [0.717, 1.165) is 60.4 Å². The Morgan fingerprint density at radius 3 is 2.78 bits per heavy atom. The molecule has 2 aliphatic rings. The minimum atomic E-state index is -0.0122. The molecule has 1 fully saturated rings. The van der Waals surface area contributed by atoms with E-state index in [1.807, 2.05) is 18.2 Å². The summed E-state index contributed by atoms with van der Waals surface area (Å²) in [5, 5.41) is 0. The SMILES string of the molecule is CN1CCN(Cc2sc(=O)[nH]c2-c2ccc3c(c2)OCO3)CC1. The molecular formula is C16H19N3O3S. The Bertz CT molecular complexity index is 762. The lowest BCUT2D eigenvalue weighted by Gasteiger charge is -2.32. The fourth-order valence-electron chi connectivity index (χ4n) is 2.97. The van der Waals surface area contributed by atoms with Gasteiger partial charge in [0.25, 0.3) is 0 Å². The van der Waals surface area contributed by atoms with E-state index in [1.54, 1.807) is 0 Å². The molecule has 2 aliphatic heterocycles. The number of ether oxygens (including phenoxy) is 2. The van der Waals surface area contributed by atoms with Crippen LogP contribution in [0.4, 0.5) is 0 Å². The maximum absolute atomic E-state index is 11.9. The number of H-pyrrole nitrogens is 1. The maximum Gasteiger partial charge on any atom is 0.305 e. The molecule has 0 spiro atoms. The van der Waals surface area contributed by atoms with Crippen LogP contribution in [-0.2, 0) is 6.54 Å². The second-order valence-corrected chi connectivity index (χ2v) is 7.03. The molecule has 0 unspecified atom stereocenters. The van der Waals surface area contributed by atoms with E-state index >= 15 is 0 Å². The maximum atomic E-state index is 11.9. The second-order valence-electron chi connectivity index (χ2n) is 5.96. The number of nitrogens with one attached hydrogen (secondary N) is 1. The lowest BCUT2D eigenvalue weighted by molar-refractivity contribution is 0.149. The Kier molecular flexibility index (Phi) is 3.84. The largest absolute Gasteiger partial charge is 0.454 e. The van der Waals surface area contributed by atoms with Gasteiger partial charge in [-0.05, 0) is 25.2 Å². The molecule has 0 atom stereocenters. The predicted octanol–water partition coefficient (Wildman–Crippen LogP) is 1.58. The quantitative estimate of drug-likeness (QED) is 0.924. The zero-order valence-electron chi connectivity index (χ0n) is 13.0. The first-order valence-electron chi connectivity index (χ1n) is 7.72. The summed E-state index contributed by atoms with van der Waals surface area (Å²) in [6.45, 7) is 5.26. The molecule has 3 heterocycles. The highest BCUT2D eigenvalue weighted by molar-refractivity contribution is 7.09. The number of benzene rings is 1. The van der Waals surface area contributed by atoms with Gasteiger partial charge in [-0.25, -0.2) is 0 Å². The third kappa shape index (κ3) is 2.99. The standard InChI is InChI=1S/C16H19N3O3S/c1-18-4-6-19(7-5-18)9-14-15(17-16(20)23-14)11-2-3-12-13(8-11)22-10-21-12/h2-3,8H,4-7,9-10H2,1H3,(H,17,20). The first-order valence-corrected chi connectivity index (χ1v) is 8.53. The summed E-state index contributed by atoms with van der Waals surface area (Å²) in [6, 6.07) is 5.81. The van der Waals surface area contributed by atoms with Gasteiger partial charge < -0.3 is 19.4 Å². The third-order valence-corrected chi connectivity index (χ3v) is 5.21. The van der Waals surface area contributed by atoms with Crippen LogP contribution in [0.25, 0.3) is 11.3 Å². The summed E-state index contributed by atoms with van der Waals surface area (Å²) < 4.78 is 10.8. The Morgan fingerprint density at radius 2 is 1.96 bits per heavy atom. The van der Waals surface area contributed by atoms with Crippen molar-refractivity contribution < 1.29 is 9.47 Å². The van der Waals surface area contributed by atoms with E-state index < -0.39 is 0 Å². The average Bonchev–Trinajstić information content (AvgIpc) is 3.15. The van der Waals surface area contributed by atoms with E-state index in [1.165, 1.54) is 11.3 Å². The topological polar surface area (TPSA) is 57.8 Å². The number of fused-ring (bicyclic) bond motifs is 1. The van der Waals surface area contributed by atoms with Crippen molar-refractivity contribution >= 4 is 11.3 Å². The molecule has 122 valence electrons. The number of nitrogens with zero attached hydrogens (tertiary/aromatic N) is 2. The minimum absolute atomic E-state index is 0.0122. The fourth-order valence-corrected chi connectivity index (χ4v) is 3.86. The van der Waals surface area contributed by atoms with Crippen LogP contribution >= 0.6 is 11.3 Å². The second kappa shape index (κ2) is 5.99. The summed E-state index contributed by atoms with van der Waals surface area (Å²) in [5.74, 6) is 1.49. The van der Waals surface area contributed by atoms with Crippen molar-refractivity contribution in [2.45, 2.75) is 6.54 Å². The number of aromatic nitrogens is 1. The van der Waals surface area contributed by atoms with Gasteiger partial charge >= 0.3 is 4.87 Å². The lowest BCUT2D eigenvalue weighted by Crippen LogP contribution is -2.43. The van der Waals surface area contributed by atoms with Crippen molar-refractivity contribution in [3.05, 3.63) is 32.7 Å². The Labute approximate surface area is 138 Å². The van der Waals surface area contributed by atoms with Gasteiger partial charge in [-0.3, -0.25) is 9.69 Å². The lowest BCUT2D eigenvalue weighted by atomic mass is 10.1. The Hall–Kier alpha value is -1.83. The number of likely N-dealkylation sites (N-methyl/N-ethyl adjacent to an activating group) is 1. The van der Waals surface area contributed by atoms with Crippen LogP contribution in [-0.4, -0.2) is 54.8 Å². The molecule has 0 radical (unpaired) electrons. The molecule has 1 N–H and O–H groups in total. The fraction of sp³-hybridized carbons (Fsp3) is 0.438. The van der Waals surface area contributed by atoms with Crippen molar-refractivity contribution in [3.8, 4) is 22.8 Å². The van der Waals surface area contributed by atoms with Gasteiger partial charge in [0.2, 0.25) is 6.79 Å². The van der Waals surface area contributed by atoms with Gasteiger partial charge in [-0.1, -0.05) is 11.3 Å². The molecule has 23 heavy (non-hydrogen) atoms. The summed E-state index contributed by atoms with van der Waals surface area (Å²) >= 11 is 1.30. The number of aromatic amines is 1. The highest BCUT2D eigenvalue weighted by Gasteiger charge is 2.20. The van der Waals surface area contributed by atoms with Crippen molar-refractivity contribution in [1.82, 2.24) is 14.8 Å². The van der Waals surface area contributed by atoms with E-state index in [-0.39, 0.29) is 11.7 Å². The van der Waals surface area contributed by atoms with Crippen LogP contribution in [0.15, 0.2) is 23.0 Å². The summed E-state index contributed by atoms with van der Waals surface area (Å²) in [7, 11) is 2.14. The normalized spacial score (nSPS) is 18.5. The van der Waals surface area contributed by atoms with Gasteiger partial charge in [0.05, 0.1) is 5.69 Å². The molecule has 0 saturated carbocycles. The third-order valence-electron chi connectivity index (χ3n) is 4.35. The molecule has 1 aromatic heterocycles. The molecule has 4 rings (SSSR count). The van der Waals surface area contributed by atoms with Crippen LogP contribution in [0.2, 0.25) is 0 Å². The molecule has 2 aromatic rings. The zero-order valence-corrected chi connectivity index (χ0v) is 13.8. The summed E-state index contributed by atoms with van der Waals surface area (Å²) in [6.07, 6.45) is 0. The summed E-state index contributed by atoms with van der Waals surface area (Å²) in [4.78, 5) is 20.7. The van der Waals surface area contributed by atoms with Crippen molar-refractivity contribution in [2.24, 2.45) is 0 Å². The van der Waals surface area contributed by atoms with E-state index in [2.05, 4.69) is 21.8 Å². The van der Waals surface area contributed by atoms with Crippen molar-refractivity contribution in [2.75, 3.05) is 40.0 Å². The number of piperazine rings is 1. The van der Waals surface area contributed by atoms with Crippen LogP contribution in [0.1, 0.15) is 4.88 Å². The summed E-state index contributed by atoms with van der Waals surface area (Å²) in [5.41, 5.74) is 1.87. The number of hydrogen-bond acceptors (Lipinski definition) is 6. The van der Waals surface area contributed by atoms with Crippen LogP contribution in [0.3, 0.4) is 0 Å². The molecule has 0 aliphatic carbocycles. The first-order chi connectivity index (χ1) is 11.2. The van der Waals surface area contributed by atoms with Crippen LogP contribution in [0, 0.1) is 0 Å². The number of hydrogen-bond donors (Lipinski definition) is 1. The van der Waals surface area contributed by atoms with Gasteiger partial charge in [-0.15, -0.1) is 0 Å². The zero-order chi connectivity index (χ0) is 15.8.